The van der Waals surface area contributed by atoms with Crippen LogP contribution < -0.4 is 25.0 Å². The van der Waals surface area contributed by atoms with Crippen molar-refractivity contribution in [2.24, 2.45) is 5.10 Å². The van der Waals surface area contributed by atoms with Gasteiger partial charge >= 0.3 is 0 Å². The lowest BCUT2D eigenvalue weighted by atomic mass is 10.2. The van der Waals surface area contributed by atoms with Crippen LogP contribution in [0.3, 0.4) is 0 Å². The maximum absolute atomic E-state index is 12.2. The molecule has 2 N–H and O–H groups in total. The van der Waals surface area contributed by atoms with Gasteiger partial charge in [0.25, 0.3) is 17.5 Å². The molecule has 1 aliphatic heterocycles. The molecule has 3 aromatic rings. The zero-order chi connectivity index (χ0) is 24.6. The Morgan fingerprint density at radius 2 is 1.77 bits per heavy atom. The van der Waals surface area contributed by atoms with Crippen LogP contribution in [0.25, 0.3) is 0 Å². The molecule has 178 valence electrons. The highest BCUT2D eigenvalue weighted by Gasteiger charge is 2.16. The van der Waals surface area contributed by atoms with Gasteiger partial charge in [-0.15, -0.1) is 0 Å². The summed E-state index contributed by atoms with van der Waals surface area (Å²) in [5, 5.41) is 17.1. The van der Waals surface area contributed by atoms with Crippen LogP contribution in [0.15, 0.2) is 71.8 Å². The van der Waals surface area contributed by atoms with Gasteiger partial charge in [0.15, 0.2) is 11.5 Å². The number of hydrogen-bond acceptors (Lipinski definition) is 8. The Morgan fingerprint density at radius 1 is 1.03 bits per heavy atom. The van der Waals surface area contributed by atoms with E-state index in [1.54, 1.807) is 54.6 Å². The van der Waals surface area contributed by atoms with E-state index in [1.807, 2.05) is 0 Å². The van der Waals surface area contributed by atoms with E-state index in [-0.39, 0.29) is 25.6 Å². The van der Waals surface area contributed by atoms with Gasteiger partial charge in [-0.1, -0.05) is 0 Å². The lowest BCUT2D eigenvalue weighted by Crippen LogP contribution is -2.34. The van der Waals surface area contributed by atoms with Crippen molar-refractivity contribution >= 4 is 23.7 Å². The highest BCUT2D eigenvalue weighted by atomic mass is 16.7. The first-order valence-electron chi connectivity index (χ1n) is 10.4. The van der Waals surface area contributed by atoms with E-state index in [0.717, 1.165) is 11.1 Å². The summed E-state index contributed by atoms with van der Waals surface area (Å²) in [4.78, 5) is 34.4. The minimum absolute atomic E-state index is 0.0246. The average Bonchev–Trinajstić information content (AvgIpc) is 3.35. The SMILES string of the molecule is O=C(CNC(=O)c1ccc2c(c1)OCO2)N/N=C/c1ccc(OCc2ccc([N+](=O)[O-])cc2)cc1. The predicted octanol–water partition coefficient (Wildman–Crippen LogP) is 2.78. The number of nitrogens with one attached hydrogen (secondary N) is 2. The molecule has 0 saturated heterocycles. The van der Waals surface area contributed by atoms with Crippen molar-refractivity contribution in [3.8, 4) is 17.2 Å². The second-order valence-electron chi connectivity index (χ2n) is 7.33. The summed E-state index contributed by atoms with van der Waals surface area (Å²) in [6, 6.07) is 17.9. The van der Waals surface area contributed by atoms with Gasteiger partial charge in [-0.05, 0) is 65.7 Å². The molecule has 0 unspecified atom stereocenters. The molecule has 35 heavy (non-hydrogen) atoms. The largest absolute Gasteiger partial charge is 0.489 e. The Bertz CT molecular complexity index is 1260. The molecule has 0 bridgehead atoms. The molecule has 0 spiro atoms. The quantitative estimate of drug-likeness (QED) is 0.275. The number of amides is 2. The van der Waals surface area contributed by atoms with Crippen LogP contribution in [0.2, 0.25) is 0 Å². The van der Waals surface area contributed by atoms with Crippen molar-refractivity contribution in [3.05, 3.63) is 93.5 Å². The second-order valence-corrected chi connectivity index (χ2v) is 7.33. The number of hydrogen-bond donors (Lipinski definition) is 2. The van der Waals surface area contributed by atoms with E-state index in [9.17, 15) is 19.7 Å². The van der Waals surface area contributed by atoms with Gasteiger partial charge in [0.2, 0.25) is 6.79 Å². The number of nitro benzene ring substituents is 1. The molecule has 0 saturated carbocycles. The van der Waals surface area contributed by atoms with E-state index in [0.29, 0.717) is 22.8 Å². The monoisotopic (exact) mass is 476 g/mol. The summed E-state index contributed by atoms with van der Waals surface area (Å²) in [5.41, 5.74) is 4.24. The third kappa shape index (κ3) is 6.32. The van der Waals surface area contributed by atoms with Crippen LogP contribution >= 0.6 is 0 Å². The summed E-state index contributed by atoms with van der Waals surface area (Å²) < 4.78 is 16.1. The number of fused-ring (bicyclic) bond motifs is 1. The third-order valence-electron chi connectivity index (χ3n) is 4.88. The van der Waals surface area contributed by atoms with E-state index in [4.69, 9.17) is 14.2 Å². The molecule has 3 aromatic carbocycles. The molecule has 0 aliphatic carbocycles. The number of nitro groups is 1. The number of carbonyl (C=O) groups is 2. The predicted molar refractivity (Wildman–Crippen MR) is 125 cm³/mol. The minimum Gasteiger partial charge on any atom is -0.489 e. The first kappa shape index (κ1) is 23.2. The first-order chi connectivity index (χ1) is 17.0. The fraction of sp³-hybridized carbons (Fsp3) is 0.125. The topological polar surface area (TPSA) is 141 Å². The summed E-state index contributed by atoms with van der Waals surface area (Å²) in [6.07, 6.45) is 1.46. The number of nitrogens with zero attached hydrogens (tertiary/aromatic N) is 2. The van der Waals surface area contributed by atoms with Crippen molar-refractivity contribution in [3.63, 3.8) is 0 Å². The molecule has 0 atom stereocenters. The van der Waals surface area contributed by atoms with E-state index in [1.165, 1.54) is 18.3 Å². The molecule has 11 heteroatoms. The van der Waals surface area contributed by atoms with Gasteiger partial charge in [-0.3, -0.25) is 19.7 Å². The summed E-state index contributed by atoms with van der Waals surface area (Å²) >= 11 is 0. The molecule has 4 rings (SSSR count). The highest BCUT2D eigenvalue weighted by Crippen LogP contribution is 2.32. The fourth-order valence-electron chi connectivity index (χ4n) is 3.05. The van der Waals surface area contributed by atoms with Gasteiger partial charge in [0.05, 0.1) is 17.7 Å². The number of non-ortho nitro benzene ring substituents is 1. The molecular formula is C24H20N4O7. The van der Waals surface area contributed by atoms with Crippen LogP contribution in [0, 0.1) is 10.1 Å². The zero-order valence-corrected chi connectivity index (χ0v) is 18.3. The van der Waals surface area contributed by atoms with Crippen molar-refractivity contribution in [2.45, 2.75) is 6.61 Å². The summed E-state index contributed by atoms with van der Waals surface area (Å²) in [6.45, 7) is 0.123. The number of ether oxygens (including phenoxy) is 3. The highest BCUT2D eigenvalue weighted by molar-refractivity contribution is 5.97. The number of benzene rings is 3. The smallest absolute Gasteiger partial charge is 0.269 e. The summed E-state index contributed by atoms with van der Waals surface area (Å²) in [5.74, 6) is 0.744. The maximum atomic E-state index is 12.2. The van der Waals surface area contributed by atoms with Crippen molar-refractivity contribution < 1.29 is 28.7 Å². The van der Waals surface area contributed by atoms with Gasteiger partial charge in [-0.25, -0.2) is 5.43 Å². The van der Waals surface area contributed by atoms with Gasteiger partial charge in [0.1, 0.15) is 12.4 Å². The van der Waals surface area contributed by atoms with Crippen molar-refractivity contribution in [1.82, 2.24) is 10.7 Å². The Hall–Kier alpha value is -4.93. The number of carbonyl (C=O) groups excluding carboxylic acids is 2. The lowest BCUT2D eigenvalue weighted by Gasteiger charge is -2.06. The van der Waals surface area contributed by atoms with Crippen molar-refractivity contribution in [2.75, 3.05) is 13.3 Å². The molecule has 0 aromatic heterocycles. The molecule has 0 fully saturated rings. The second kappa shape index (κ2) is 10.8. The van der Waals surface area contributed by atoms with E-state index < -0.39 is 16.7 Å². The minimum atomic E-state index is -0.488. The van der Waals surface area contributed by atoms with E-state index >= 15 is 0 Å². The summed E-state index contributed by atoms with van der Waals surface area (Å²) in [7, 11) is 0. The number of hydrazone groups is 1. The third-order valence-corrected chi connectivity index (χ3v) is 4.88. The Balaban J connectivity index is 1.19. The van der Waals surface area contributed by atoms with Crippen LogP contribution in [0.5, 0.6) is 17.2 Å². The van der Waals surface area contributed by atoms with Crippen LogP contribution in [-0.2, 0) is 11.4 Å². The number of rotatable bonds is 9. The lowest BCUT2D eigenvalue weighted by molar-refractivity contribution is -0.384. The molecule has 2 amide bonds. The first-order valence-corrected chi connectivity index (χ1v) is 10.4. The van der Waals surface area contributed by atoms with Crippen molar-refractivity contribution in [1.29, 1.82) is 0 Å². The Morgan fingerprint density at radius 3 is 2.51 bits per heavy atom. The fourth-order valence-corrected chi connectivity index (χ4v) is 3.05. The van der Waals surface area contributed by atoms with Gasteiger partial charge < -0.3 is 19.5 Å². The molecule has 0 radical (unpaired) electrons. The standard InChI is InChI=1S/C24H20N4O7/c29-23(13-25-24(30)18-5-10-21-22(11-18)35-15-34-21)27-26-12-16-3-8-20(9-4-16)33-14-17-1-6-19(7-2-17)28(31)32/h1-12H,13-15H2,(H,25,30)(H,27,29)/b26-12+. The molecular weight excluding hydrogens is 456 g/mol. The molecule has 1 heterocycles. The average molecular weight is 476 g/mol. The van der Waals surface area contributed by atoms with Crippen LogP contribution in [0.4, 0.5) is 5.69 Å². The zero-order valence-electron chi connectivity index (χ0n) is 18.3. The molecule has 11 nitrogen and oxygen atoms in total. The van der Waals surface area contributed by atoms with Gasteiger partial charge in [0, 0.05) is 17.7 Å². The van der Waals surface area contributed by atoms with E-state index in [2.05, 4.69) is 15.8 Å². The molecule has 1 aliphatic rings. The maximum Gasteiger partial charge on any atom is 0.269 e. The van der Waals surface area contributed by atoms with Crippen LogP contribution in [0.1, 0.15) is 21.5 Å². The Kier molecular flexibility index (Phi) is 7.16. The normalized spacial score (nSPS) is 11.8. The van der Waals surface area contributed by atoms with Gasteiger partial charge in [-0.2, -0.15) is 5.10 Å². The van der Waals surface area contributed by atoms with Crippen LogP contribution in [-0.4, -0.2) is 36.3 Å². The Labute approximate surface area is 199 Å².